The van der Waals surface area contributed by atoms with Crippen LogP contribution >= 0.6 is 23.2 Å². The number of H-pyrrole nitrogens is 1. The molecule has 7 heteroatoms. The maximum absolute atomic E-state index is 12.4. The van der Waals surface area contributed by atoms with E-state index in [2.05, 4.69) is 27.5 Å². The number of benzene rings is 2. The van der Waals surface area contributed by atoms with Crippen LogP contribution in [0.3, 0.4) is 0 Å². The topological polar surface area (TPSA) is 61.0 Å². The summed E-state index contributed by atoms with van der Waals surface area (Å²) < 4.78 is 0. The van der Waals surface area contributed by atoms with Crippen molar-refractivity contribution in [1.29, 1.82) is 0 Å². The number of amides is 1. The van der Waals surface area contributed by atoms with Gasteiger partial charge in [0.1, 0.15) is 0 Å². The smallest absolute Gasteiger partial charge is 0.251 e. The largest absolute Gasteiger partial charge is 0.352 e. The fraction of sp³-hybridized carbons (Fsp3) is 0.304. The van der Waals surface area contributed by atoms with E-state index < -0.39 is 0 Å². The van der Waals surface area contributed by atoms with Crippen LogP contribution in [0.1, 0.15) is 29.6 Å². The lowest BCUT2D eigenvalue weighted by Gasteiger charge is -2.19. The van der Waals surface area contributed by atoms with Gasteiger partial charge in [0, 0.05) is 34.3 Å². The number of aromatic amines is 1. The van der Waals surface area contributed by atoms with E-state index in [4.69, 9.17) is 23.2 Å². The van der Waals surface area contributed by atoms with Crippen LogP contribution in [0, 0.1) is 0 Å². The maximum Gasteiger partial charge on any atom is 0.251 e. The molecule has 0 spiro atoms. The standard InChI is InChI=1S/C23H24Cl2N4O/c1-29-12-2-3-18(29)10-11-26-23(30)16-6-4-15(5-7-16)21-14-22(28-27-21)19-9-8-17(24)13-20(19)25/h4-9,13-14,18H,2-3,10-12H2,1H3,(H,26,30)(H,27,28). The van der Waals surface area contributed by atoms with Gasteiger partial charge in [0.2, 0.25) is 0 Å². The van der Waals surface area contributed by atoms with E-state index in [0.717, 1.165) is 35.5 Å². The number of hydrogen-bond acceptors (Lipinski definition) is 3. The number of hydrogen-bond donors (Lipinski definition) is 2. The Morgan fingerprint density at radius 1 is 1.20 bits per heavy atom. The summed E-state index contributed by atoms with van der Waals surface area (Å²) in [4.78, 5) is 14.8. The van der Waals surface area contributed by atoms with Gasteiger partial charge in [0.25, 0.3) is 5.91 Å². The molecule has 1 atom stereocenters. The van der Waals surface area contributed by atoms with Gasteiger partial charge in [-0.1, -0.05) is 35.3 Å². The fourth-order valence-corrected chi connectivity index (χ4v) is 4.42. The number of likely N-dealkylation sites (tertiary alicyclic amines) is 1. The van der Waals surface area contributed by atoms with E-state index in [1.54, 1.807) is 12.1 Å². The fourth-order valence-electron chi connectivity index (χ4n) is 3.91. The van der Waals surface area contributed by atoms with Gasteiger partial charge < -0.3 is 10.2 Å². The minimum atomic E-state index is -0.0436. The number of carbonyl (C=O) groups excluding carboxylic acids is 1. The van der Waals surface area contributed by atoms with Gasteiger partial charge in [-0.25, -0.2) is 0 Å². The highest BCUT2D eigenvalue weighted by molar-refractivity contribution is 6.36. The Labute approximate surface area is 186 Å². The highest BCUT2D eigenvalue weighted by Crippen LogP contribution is 2.31. The molecule has 30 heavy (non-hydrogen) atoms. The van der Waals surface area contributed by atoms with Crippen molar-refractivity contribution >= 4 is 29.1 Å². The number of nitrogens with zero attached hydrogens (tertiary/aromatic N) is 2. The van der Waals surface area contributed by atoms with Crippen LogP contribution in [-0.4, -0.2) is 47.2 Å². The summed E-state index contributed by atoms with van der Waals surface area (Å²) in [5.41, 5.74) is 4.00. The Morgan fingerprint density at radius 2 is 2.00 bits per heavy atom. The minimum Gasteiger partial charge on any atom is -0.352 e. The van der Waals surface area contributed by atoms with Crippen LogP contribution in [0.5, 0.6) is 0 Å². The molecule has 156 valence electrons. The Hall–Kier alpha value is -2.34. The molecule has 2 aromatic carbocycles. The molecule has 0 radical (unpaired) electrons. The number of rotatable bonds is 6. The average molecular weight is 443 g/mol. The molecule has 1 aliphatic heterocycles. The second kappa shape index (κ2) is 9.21. The van der Waals surface area contributed by atoms with E-state index in [1.165, 1.54) is 12.8 Å². The third-order valence-corrected chi connectivity index (χ3v) is 6.22. The first-order valence-corrected chi connectivity index (χ1v) is 10.9. The van der Waals surface area contributed by atoms with E-state index in [9.17, 15) is 4.79 Å². The van der Waals surface area contributed by atoms with Crippen molar-refractivity contribution in [3.05, 3.63) is 64.1 Å². The van der Waals surface area contributed by atoms with Crippen molar-refractivity contribution in [1.82, 2.24) is 20.4 Å². The van der Waals surface area contributed by atoms with Crippen molar-refractivity contribution in [2.45, 2.75) is 25.3 Å². The van der Waals surface area contributed by atoms with Gasteiger partial charge in [-0.05, 0) is 69.3 Å². The highest BCUT2D eigenvalue weighted by Gasteiger charge is 2.20. The van der Waals surface area contributed by atoms with Crippen molar-refractivity contribution in [2.75, 3.05) is 20.1 Å². The zero-order valence-electron chi connectivity index (χ0n) is 16.8. The SMILES string of the molecule is CN1CCCC1CCNC(=O)c1ccc(-c2cc(-c3ccc(Cl)cc3Cl)[nH]n2)cc1. The lowest BCUT2D eigenvalue weighted by atomic mass is 10.1. The van der Waals surface area contributed by atoms with Crippen LogP contribution in [0.2, 0.25) is 10.0 Å². The molecule has 0 bridgehead atoms. The molecular weight excluding hydrogens is 419 g/mol. The molecule has 0 saturated carbocycles. The highest BCUT2D eigenvalue weighted by atomic mass is 35.5. The summed E-state index contributed by atoms with van der Waals surface area (Å²) >= 11 is 12.3. The van der Waals surface area contributed by atoms with Crippen molar-refractivity contribution in [2.24, 2.45) is 0 Å². The zero-order chi connectivity index (χ0) is 21.1. The summed E-state index contributed by atoms with van der Waals surface area (Å²) in [6, 6.07) is 15.3. The van der Waals surface area contributed by atoms with Gasteiger partial charge in [-0.15, -0.1) is 0 Å². The maximum atomic E-state index is 12.4. The summed E-state index contributed by atoms with van der Waals surface area (Å²) in [7, 11) is 2.15. The number of aromatic nitrogens is 2. The summed E-state index contributed by atoms with van der Waals surface area (Å²) in [5.74, 6) is -0.0436. The normalized spacial score (nSPS) is 16.7. The molecule has 1 aromatic heterocycles. The third-order valence-electron chi connectivity index (χ3n) is 5.68. The lowest BCUT2D eigenvalue weighted by molar-refractivity contribution is 0.0950. The van der Waals surface area contributed by atoms with Gasteiger partial charge in [0.15, 0.2) is 0 Å². The van der Waals surface area contributed by atoms with Crippen LogP contribution in [0.25, 0.3) is 22.5 Å². The average Bonchev–Trinajstić information content (AvgIpc) is 3.38. The first-order valence-electron chi connectivity index (χ1n) is 10.1. The molecule has 0 aliphatic carbocycles. The molecular formula is C23H24Cl2N4O. The van der Waals surface area contributed by atoms with Gasteiger partial charge in [0.05, 0.1) is 16.4 Å². The molecule has 2 N–H and O–H groups in total. The van der Waals surface area contributed by atoms with Crippen LogP contribution in [0.15, 0.2) is 48.5 Å². The molecule has 4 rings (SSSR count). The Bertz CT molecular complexity index is 1030. The van der Waals surface area contributed by atoms with Crippen molar-refractivity contribution in [3.63, 3.8) is 0 Å². The Kier molecular flexibility index (Phi) is 6.42. The molecule has 3 aromatic rings. The van der Waals surface area contributed by atoms with E-state index >= 15 is 0 Å². The first kappa shape index (κ1) is 20.9. The Balaban J connectivity index is 1.38. The molecule has 1 aliphatic rings. The monoisotopic (exact) mass is 442 g/mol. The van der Waals surface area contributed by atoms with Crippen LogP contribution < -0.4 is 5.32 Å². The second-order valence-electron chi connectivity index (χ2n) is 7.69. The molecule has 5 nitrogen and oxygen atoms in total. The quantitative estimate of drug-likeness (QED) is 0.546. The summed E-state index contributed by atoms with van der Waals surface area (Å²) in [6.45, 7) is 1.85. The lowest BCUT2D eigenvalue weighted by Crippen LogP contribution is -2.31. The van der Waals surface area contributed by atoms with E-state index in [1.807, 2.05) is 36.4 Å². The number of halogens is 2. The second-order valence-corrected chi connectivity index (χ2v) is 8.53. The van der Waals surface area contributed by atoms with Crippen LogP contribution in [0.4, 0.5) is 0 Å². The molecule has 1 fully saturated rings. The summed E-state index contributed by atoms with van der Waals surface area (Å²) in [5, 5.41) is 11.6. The van der Waals surface area contributed by atoms with Gasteiger partial charge >= 0.3 is 0 Å². The zero-order valence-corrected chi connectivity index (χ0v) is 18.3. The number of carbonyl (C=O) groups is 1. The van der Waals surface area contributed by atoms with Crippen LogP contribution in [-0.2, 0) is 0 Å². The van der Waals surface area contributed by atoms with Crippen molar-refractivity contribution < 1.29 is 4.79 Å². The molecule has 1 unspecified atom stereocenters. The first-order chi connectivity index (χ1) is 14.5. The molecule has 1 saturated heterocycles. The Morgan fingerprint density at radius 3 is 2.70 bits per heavy atom. The molecule has 1 amide bonds. The van der Waals surface area contributed by atoms with E-state index in [0.29, 0.717) is 28.2 Å². The van der Waals surface area contributed by atoms with Crippen molar-refractivity contribution in [3.8, 4) is 22.5 Å². The predicted molar refractivity (Wildman–Crippen MR) is 122 cm³/mol. The summed E-state index contributed by atoms with van der Waals surface area (Å²) in [6.07, 6.45) is 3.45. The van der Waals surface area contributed by atoms with E-state index in [-0.39, 0.29) is 5.91 Å². The van der Waals surface area contributed by atoms with Gasteiger partial charge in [-0.3, -0.25) is 9.89 Å². The van der Waals surface area contributed by atoms with Gasteiger partial charge in [-0.2, -0.15) is 5.10 Å². The molecule has 2 heterocycles. The minimum absolute atomic E-state index is 0.0436. The third kappa shape index (κ3) is 4.69. The number of nitrogens with one attached hydrogen (secondary N) is 2. The predicted octanol–water partition coefficient (Wildman–Crippen LogP) is 5.26.